The number of rotatable bonds is 1. The zero-order valence-corrected chi connectivity index (χ0v) is 9.24. The SMILES string of the molecule is CC(C)(C)NC12CC1(C)CCCO2. The summed E-state index contributed by atoms with van der Waals surface area (Å²) in [6, 6.07) is 0. The molecule has 2 nitrogen and oxygen atoms in total. The standard InChI is InChI=1S/C11H21NO/c1-9(2,3)12-11-8-10(11,4)6-5-7-13-11/h12H,5-8H2,1-4H3. The third kappa shape index (κ3) is 1.50. The fraction of sp³-hybridized carbons (Fsp3) is 1.00. The van der Waals surface area contributed by atoms with Gasteiger partial charge in [0.2, 0.25) is 0 Å². The molecule has 2 atom stereocenters. The second kappa shape index (κ2) is 2.48. The van der Waals surface area contributed by atoms with Gasteiger partial charge in [0.1, 0.15) is 5.72 Å². The van der Waals surface area contributed by atoms with Crippen LogP contribution in [-0.2, 0) is 4.74 Å². The van der Waals surface area contributed by atoms with Gasteiger partial charge in [-0.3, -0.25) is 5.32 Å². The molecule has 1 N–H and O–H groups in total. The third-order valence-corrected chi connectivity index (χ3v) is 3.29. The molecule has 2 heteroatoms. The molecule has 1 aliphatic carbocycles. The Morgan fingerprint density at radius 3 is 2.54 bits per heavy atom. The monoisotopic (exact) mass is 183 g/mol. The first-order chi connectivity index (χ1) is 5.87. The first kappa shape index (κ1) is 9.47. The largest absolute Gasteiger partial charge is 0.360 e. The van der Waals surface area contributed by atoms with Crippen molar-refractivity contribution in [3.63, 3.8) is 0 Å². The van der Waals surface area contributed by atoms with Gasteiger partial charge in [0.15, 0.2) is 0 Å². The normalized spacial score (nSPS) is 44.3. The highest BCUT2D eigenvalue weighted by Crippen LogP contribution is 2.62. The molecule has 2 unspecified atom stereocenters. The van der Waals surface area contributed by atoms with Crippen LogP contribution in [0.3, 0.4) is 0 Å². The van der Waals surface area contributed by atoms with E-state index < -0.39 is 0 Å². The quantitative estimate of drug-likeness (QED) is 0.673. The van der Waals surface area contributed by atoms with Gasteiger partial charge in [-0.2, -0.15) is 0 Å². The molecule has 76 valence electrons. The maximum atomic E-state index is 5.91. The third-order valence-electron chi connectivity index (χ3n) is 3.29. The highest BCUT2D eigenvalue weighted by Gasteiger charge is 2.67. The molecule has 2 aliphatic rings. The molecule has 2 rings (SSSR count). The van der Waals surface area contributed by atoms with E-state index >= 15 is 0 Å². The minimum absolute atomic E-state index is 0.0174. The lowest BCUT2D eigenvalue weighted by Gasteiger charge is -2.35. The summed E-state index contributed by atoms with van der Waals surface area (Å²) in [5.41, 5.74) is 0.594. The van der Waals surface area contributed by atoms with E-state index in [1.165, 1.54) is 19.3 Å². The van der Waals surface area contributed by atoms with Crippen LogP contribution in [0.2, 0.25) is 0 Å². The number of fused-ring (bicyclic) bond motifs is 1. The zero-order valence-electron chi connectivity index (χ0n) is 9.24. The first-order valence-electron chi connectivity index (χ1n) is 5.30. The van der Waals surface area contributed by atoms with Gasteiger partial charge >= 0.3 is 0 Å². The topological polar surface area (TPSA) is 21.3 Å². The van der Waals surface area contributed by atoms with E-state index in [2.05, 4.69) is 33.0 Å². The van der Waals surface area contributed by atoms with E-state index in [0.717, 1.165) is 6.61 Å². The van der Waals surface area contributed by atoms with E-state index in [1.54, 1.807) is 0 Å². The van der Waals surface area contributed by atoms with Crippen molar-refractivity contribution in [3.05, 3.63) is 0 Å². The molecule has 1 heterocycles. The van der Waals surface area contributed by atoms with Crippen molar-refractivity contribution in [1.29, 1.82) is 0 Å². The van der Waals surface area contributed by atoms with Crippen molar-refractivity contribution in [3.8, 4) is 0 Å². The Bertz CT molecular complexity index is 217. The lowest BCUT2D eigenvalue weighted by molar-refractivity contribution is -0.0636. The molecule has 1 saturated carbocycles. The fourth-order valence-electron chi connectivity index (χ4n) is 2.57. The van der Waals surface area contributed by atoms with Gasteiger partial charge in [-0.25, -0.2) is 0 Å². The lowest BCUT2D eigenvalue weighted by atomic mass is 9.97. The Labute approximate surface area is 81.0 Å². The fourth-order valence-corrected chi connectivity index (χ4v) is 2.57. The van der Waals surface area contributed by atoms with Crippen molar-refractivity contribution in [2.45, 2.75) is 58.2 Å². The van der Waals surface area contributed by atoms with Crippen LogP contribution in [0.5, 0.6) is 0 Å². The van der Waals surface area contributed by atoms with Gasteiger partial charge in [-0.15, -0.1) is 0 Å². The van der Waals surface area contributed by atoms with Crippen LogP contribution in [0.25, 0.3) is 0 Å². The van der Waals surface area contributed by atoms with Gasteiger partial charge in [0, 0.05) is 17.6 Å². The maximum absolute atomic E-state index is 5.91. The van der Waals surface area contributed by atoms with Gasteiger partial charge in [-0.05, 0) is 40.0 Å². The second-order valence-corrected chi connectivity index (χ2v) is 5.89. The number of hydrogen-bond donors (Lipinski definition) is 1. The molecule has 2 fully saturated rings. The van der Waals surface area contributed by atoms with Crippen LogP contribution in [0, 0.1) is 5.41 Å². The van der Waals surface area contributed by atoms with Gasteiger partial charge in [0.25, 0.3) is 0 Å². The molecular weight excluding hydrogens is 162 g/mol. The molecule has 0 spiro atoms. The molecule has 0 aromatic carbocycles. The molecule has 0 radical (unpaired) electrons. The van der Waals surface area contributed by atoms with Crippen LogP contribution in [0.15, 0.2) is 0 Å². The summed E-state index contributed by atoms with van der Waals surface area (Å²) in [6.45, 7) is 9.89. The Morgan fingerprint density at radius 2 is 2.00 bits per heavy atom. The Balaban J connectivity index is 2.06. The maximum Gasteiger partial charge on any atom is 0.125 e. The van der Waals surface area contributed by atoms with E-state index in [9.17, 15) is 0 Å². The van der Waals surface area contributed by atoms with E-state index in [1.807, 2.05) is 0 Å². The smallest absolute Gasteiger partial charge is 0.125 e. The van der Waals surface area contributed by atoms with Crippen LogP contribution in [-0.4, -0.2) is 17.9 Å². The van der Waals surface area contributed by atoms with Gasteiger partial charge in [0.05, 0.1) is 0 Å². The number of hydrogen-bond acceptors (Lipinski definition) is 2. The van der Waals surface area contributed by atoms with Crippen molar-refractivity contribution < 1.29 is 4.74 Å². The van der Waals surface area contributed by atoms with Crippen LogP contribution < -0.4 is 5.32 Å². The molecule has 0 amide bonds. The van der Waals surface area contributed by atoms with Crippen molar-refractivity contribution in [1.82, 2.24) is 5.32 Å². The van der Waals surface area contributed by atoms with Crippen molar-refractivity contribution in [2.24, 2.45) is 5.41 Å². The highest BCUT2D eigenvalue weighted by atomic mass is 16.5. The molecule has 1 saturated heterocycles. The summed E-state index contributed by atoms with van der Waals surface area (Å²) >= 11 is 0. The van der Waals surface area contributed by atoms with Crippen LogP contribution in [0.4, 0.5) is 0 Å². The van der Waals surface area contributed by atoms with Crippen molar-refractivity contribution >= 4 is 0 Å². The summed E-state index contributed by atoms with van der Waals surface area (Å²) in [6.07, 6.45) is 3.73. The van der Waals surface area contributed by atoms with Gasteiger partial charge < -0.3 is 4.74 Å². The van der Waals surface area contributed by atoms with Gasteiger partial charge in [-0.1, -0.05) is 6.92 Å². The highest BCUT2D eigenvalue weighted by molar-refractivity contribution is 5.16. The molecule has 0 aromatic heterocycles. The Hall–Kier alpha value is -0.0800. The average molecular weight is 183 g/mol. The lowest BCUT2D eigenvalue weighted by Crippen LogP contribution is -2.51. The molecular formula is C11H21NO. The number of ether oxygens (including phenoxy) is 1. The summed E-state index contributed by atoms with van der Waals surface area (Å²) in [7, 11) is 0. The van der Waals surface area contributed by atoms with E-state index in [-0.39, 0.29) is 11.3 Å². The Kier molecular flexibility index (Phi) is 1.81. The van der Waals surface area contributed by atoms with E-state index in [4.69, 9.17) is 4.74 Å². The first-order valence-corrected chi connectivity index (χ1v) is 5.30. The summed E-state index contributed by atoms with van der Waals surface area (Å²) < 4.78 is 5.91. The molecule has 1 aliphatic heterocycles. The molecule has 13 heavy (non-hydrogen) atoms. The van der Waals surface area contributed by atoms with Crippen molar-refractivity contribution in [2.75, 3.05) is 6.61 Å². The molecule has 0 aromatic rings. The Morgan fingerprint density at radius 1 is 1.31 bits per heavy atom. The van der Waals surface area contributed by atoms with E-state index in [0.29, 0.717) is 5.41 Å². The van der Waals surface area contributed by atoms with Crippen LogP contribution >= 0.6 is 0 Å². The zero-order chi connectivity index (χ0) is 9.74. The minimum Gasteiger partial charge on any atom is -0.360 e. The summed E-state index contributed by atoms with van der Waals surface area (Å²) in [5, 5.41) is 3.63. The minimum atomic E-state index is 0.0174. The average Bonchev–Trinajstić information content (AvgIpc) is 2.50. The second-order valence-electron chi connectivity index (χ2n) is 5.89. The predicted molar refractivity (Wildman–Crippen MR) is 53.5 cm³/mol. The summed E-state index contributed by atoms with van der Waals surface area (Å²) in [5.74, 6) is 0. The number of nitrogens with one attached hydrogen (secondary N) is 1. The predicted octanol–water partition coefficient (Wildman–Crippen LogP) is 2.29. The summed E-state index contributed by atoms with van der Waals surface area (Å²) in [4.78, 5) is 0. The molecule has 0 bridgehead atoms. The van der Waals surface area contributed by atoms with Crippen LogP contribution in [0.1, 0.15) is 47.0 Å².